The molecule has 0 spiro atoms. The van der Waals surface area contributed by atoms with Crippen LogP contribution in [0, 0.1) is 0 Å². The van der Waals surface area contributed by atoms with E-state index in [2.05, 4.69) is 16.7 Å². The molecule has 0 radical (unpaired) electrons. The van der Waals surface area contributed by atoms with E-state index in [4.69, 9.17) is 9.47 Å². The lowest BCUT2D eigenvalue weighted by Crippen LogP contribution is -2.36. The fourth-order valence-electron chi connectivity index (χ4n) is 3.78. The normalized spacial score (nSPS) is 18.7. The van der Waals surface area contributed by atoms with Gasteiger partial charge in [-0.05, 0) is 49.8 Å². The van der Waals surface area contributed by atoms with Crippen LogP contribution in [0.1, 0.15) is 44.1 Å². The van der Waals surface area contributed by atoms with E-state index in [0.717, 1.165) is 29.7 Å². The Morgan fingerprint density at radius 1 is 1.20 bits per heavy atom. The number of imide groups is 1. The molecule has 8 nitrogen and oxygen atoms in total. The van der Waals surface area contributed by atoms with Crippen LogP contribution in [0.5, 0.6) is 11.5 Å². The Balaban J connectivity index is 1.51. The van der Waals surface area contributed by atoms with E-state index in [0.29, 0.717) is 18.0 Å². The average molecular weight is 415 g/mol. The second-order valence-corrected chi connectivity index (χ2v) is 7.53. The molecule has 0 aromatic heterocycles. The molecule has 2 N–H and O–H groups in total. The molecular formula is C22H29N3O5. The molecule has 1 aromatic carbocycles. The fraction of sp³-hybridized carbons (Fsp3) is 0.500. The number of allylic oxidation sites excluding steroid dienone is 1. The number of rotatable bonds is 9. The Bertz CT molecular complexity index is 836. The maximum Gasteiger partial charge on any atom is 0.325 e. The summed E-state index contributed by atoms with van der Waals surface area (Å²) in [6.45, 7) is 0.645. The van der Waals surface area contributed by atoms with E-state index >= 15 is 0 Å². The van der Waals surface area contributed by atoms with Crippen LogP contribution in [0.3, 0.4) is 0 Å². The Hall–Kier alpha value is -3.03. The maximum absolute atomic E-state index is 12.7. The van der Waals surface area contributed by atoms with Gasteiger partial charge in [-0.1, -0.05) is 17.7 Å². The highest BCUT2D eigenvalue weighted by atomic mass is 16.5. The van der Waals surface area contributed by atoms with E-state index in [1.165, 1.54) is 32.6 Å². The quantitative estimate of drug-likeness (QED) is 0.477. The molecule has 1 aliphatic carbocycles. The van der Waals surface area contributed by atoms with Crippen LogP contribution in [-0.2, 0) is 16.1 Å². The van der Waals surface area contributed by atoms with Crippen molar-refractivity contribution in [3.63, 3.8) is 0 Å². The summed E-state index contributed by atoms with van der Waals surface area (Å²) in [4.78, 5) is 38.3. The van der Waals surface area contributed by atoms with Crippen molar-refractivity contribution in [3.05, 3.63) is 35.4 Å². The van der Waals surface area contributed by atoms with Gasteiger partial charge in [0.15, 0.2) is 11.5 Å². The SMILES string of the molecule is COc1ccc(CN2C(=O)N[C@H](CC(=O)NCCC3=CCCCC3)C2=O)cc1OC. The Morgan fingerprint density at radius 3 is 2.70 bits per heavy atom. The van der Waals surface area contributed by atoms with Crippen molar-refractivity contribution in [2.75, 3.05) is 20.8 Å². The summed E-state index contributed by atoms with van der Waals surface area (Å²) >= 11 is 0. The number of amides is 4. The average Bonchev–Trinajstić information content (AvgIpc) is 3.01. The van der Waals surface area contributed by atoms with Gasteiger partial charge in [0, 0.05) is 6.54 Å². The van der Waals surface area contributed by atoms with Crippen LogP contribution >= 0.6 is 0 Å². The molecule has 3 rings (SSSR count). The van der Waals surface area contributed by atoms with E-state index < -0.39 is 18.0 Å². The zero-order valence-corrected chi connectivity index (χ0v) is 17.5. The van der Waals surface area contributed by atoms with Gasteiger partial charge in [0.2, 0.25) is 5.91 Å². The summed E-state index contributed by atoms with van der Waals surface area (Å²) in [6.07, 6.45) is 7.67. The molecule has 0 bridgehead atoms. The molecule has 30 heavy (non-hydrogen) atoms. The van der Waals surface area contributed by atoms with Gasteiger partial charge < -0.3 is 20.1 Å². The minimum atomic E-state index is -0.841. The lowest BCUT2D eigenvalue weighted by molar-refractivity contribution is -0.131. The molecule has 4 amide bonds. The minimum absolute atomic E-state index is 0.0634. The van der Waals surface area contributed by atoms with Gasteiger partial charge in [-0.25, -0.2) is 4.79 Å². The summed E-state index contributed by atoms with van der Waals surface area (Å²) in [7, 11) is 3.06. The van der Waals surface area contributed by atoms with Gasteiger partial charge in [-0.2, -0.15) is 0 Å². The first kappa shape index (κ1) is 21.7. The van der Waals surface area contributed by atoms with E-state index in [-0.39, 0.29) is 18.9 Å². The zero-order valence-electron chi connectivity index (χ0n) is 17.5. The highest BCUT2D eigenvalue weighted by Crippen LogP contribution is 2.28. The van der Waals surface area contributed by atoms with Crippen molar-refractivity contribution in [3.8, 4) is 11.5 Å². The summed E-state index contributed by atoms with van der Waals surface area (Å²) in [5.74, 6) is 0.445. The number of ether oxygens (including phenoxy) is 2. The Labute approximate surface area is 176 Å². The van der Waals surface area contributed by atoms with Gasteiger partial charge in [-0.3, -0.25) is 14.5 Å². The van der Waals surface area contributed by atoms with Gasteiger partial charge in [0.1, 0.15) is 6.04 Å². The summed E-state index contributed by atoms with van der Waals surface area (Å²) in [5, 5.41) is 5.46. The number of carbonyl (C=O) groups is 3. The largest absolute Gasteiger partial charge is 0.493 e. The minimum Gasteiger partial charge on any atom is -0.493 e. The topological polar surface area (TPSA) is 97.0 Å². The second kappa shape index (κ2) is 10.1. The van der Waals surface area contributed by atoms with E-state index in [9.17, 15) is 14.4 Å². The first-order valence-corrected chi connectivity index (χ1v) is 10.3. The molecule has 1 saturated heterocycles. The van der Waals surface area contributed by atoms with E-state index in [1.54, 1.807) is 18.2 Å². The van der Waals surface area contributed by atoms with Gasteiger partial charge in [0.25, 0.3) is 5.91 Å². The van der Waals surface area contributed by atoms with Crippen LogP contribution in [0.4, 0.5) is 4.79 Å². The number of benzene rings is 1. The Kier molecular flexibility index (Phi) is 7.32. The number of nitrogens with one attached hydrogen (secondary N) is 2. The van der Waals surface area contributed by atoms with Crippen molar-refractivity contribution in [2.45, 2.75) is 51.1 Å². The summed E-state index contributed by atoms with van der Waals surface area (Å²) < 4.78 is 10.5. The molecule has 1 aromatic rings. The number of hydrogen-bond acceptors (Lipinski definition) is 5. The first-order valence-electron chi connectivity index (χ1n) is 10.3. The molecule has 2 aliphatic rings. The summed E-state index contributed by atoms with van der Waals surface area (Å²) in [5.41, 5.74) is 2.11. The standard InChI is InChI=1S/C22H29N3O5/c1-29-18-9-8-16(12-19(18)30-2)14-25-21(27)17(24-22(25)28)13-20(26)23-11-10-15-6-4-3-5-7-15/h6,8-9,12,17H,3-5,7,10-11,13-14H2,1-2H3,(H,23,26)(H,24,28)/t17-/m1/s1. The molecule has 1 fully saturated rings. The van der Waals surface area contributed by atoms with Crippen molar-refractivity contribution in [1.82, 2.24) is 15.5 Å². The van der Waals surface area contributed by atoms with Crippen LogP contribution in [0.25, 0.3) is 0 Å². The van der Waals surface area contributed by atoms with Crippen LogP contribution in [0.2, 0.25) is 0 Å². The zero-order chi connectivity index (χ0) is 21.5. The van der Waals surface area contributed by atoms with Crippen LogP contribution in [-0.4, -0.2) is 49.6 Å². The lowest BCUT2D eigenvalue weighted by Gasteiger charge is -2.15. The molecule has 1 heterocycles. The monoisotopic (exact) mass is 415 g/mol. The van der Waals surface area contributed by atoms with Gasteiger partial charge in [-0.15, -0.1) is 0 Å². The number of nitrogens with zero attached hydrogens (tertiary/aromatic N) is 1. The Morgan fingerprint density at radius 2 is 2.00 bits per heavy atom. The van der Waals surface area contributed by atoms with Crippen LogP contribution in [0.15, 0.2) is 29.8 Å². The number of urea groups is 1. The van der Waals surface area contributed by atoms with Crippen LogP contribution < -0.4 is 20.1 Å². The third kappa shape index (κ3) is 5.31. The van der Waals surface area contributed by atoms with Crippen molar-refractivity contribution >= 4 is 17.8 Å². The predicted molar refractivity (Wildman–Crippen MR) is 111 cm³/mol. The molecule has 0 saturated carbocycles. The smallest absolute Gasteiger partial charge is 0.325 e. The maximum atomic E-state index is 12.7. The summed E-state index contributed by atoms with van der Waals surface area (Å²) in [6, 6.07) is 3.87. The van der Waals surface area contributed by atoms with Gasteiger partial charge >= 0.3 is 6.03 Å². The molecule has 8 heteroatoms. The third-order valence-corrected chi connectivity index (χ3v) is 5.44. The van der Waals surface area contributed by atoms with Crippen molar-refractivity contribution in [2.24, 2.45) is 0 Å². The number of carbonyl (C=O) groups excluding carboxylic acids is 3. The predicted octanol–water partition coefficient (Wildman–Crippen LogP) is 2.52. The number of hydrogen-bond donors (Lipinski definition) is 2. The highest BCUT2D eigenvalue weighted by Gasteiger charge is 2.39. The van der Waals surface area contributed by atoms with Gasteiger partial charge in [0.05, 0.1) is 27.2 Å². The second-order valence-electron chi connectivity index (χ2n) is 7.53. The molecule has 1 atom stereocenters. The third-order valence-electron chi connectivity index (χ3n) is 5.44. The number of methoxy groups -OCH3 is 2. The molecule has 162 valence electrons. The van der Waals surface area contributed by atoms with E-state index in [1.807, 2.05) is 0 Å². The molecular weight excluding hydrogens is 386 g/mol. The van der Waals surface area contributed by atoms with Crippen molar-refractivity contribution < 1.29 is 23.9 Å². The highest BCUT2D eigenvalue weighted by molar-refractivity contribution is 6.05. The fourth-order valence-corrected chi connectivity index (χ4v) is 3.78. The lowest BCUT2D eigenvalue weighted by atomic mass is 9.97. The van der Waals surface area contributed by atoms with Crippen molar-refractivity contribution in [1.29, 1.82) is 0 Å². The molecule has 1 aliphatic heterocycles. The molecule has 0 unspecified atom stereocenters. The first-order chi connectivity index (χ1) is 14.5.